The predicted molar refractivity (Wildman–Crippen MR) is 296 cm³/mol. The van der Waals surface area contributed by atoms with Crippen LogP contribution in [0.15, 0.2) is 261 Å². The van der Waals surface area contributed by atoms with E-state index in [4.69, 9.17) is 0 Å². The number of fused-ring (bicyclic) bond motifs is 15. The van der Waals surface area contributed by atoms with E-state index in [1.54, 1.807) is 0 Å². The van der Waals surface area contributed by atoms with Crippen LogP contribution in [0.2, 0.25) is 0 Å². The molecule has 2 aliphatic rings. The Labute approximate surface area is 407 Å². The van der Waals surface area contributed by atoms with Crippen LogP contribution in [0.25, 0.3) is 88.4 Å². The molecule has 0 spiro atoms. The number of nitrogens with zero attached hydrogens (tertiary/aromatic N) is 2. The van der Waals surface area contributed by atoms with Gasteiger partial charge in [0, 0.05) is 38.7 Å². The lowest BCUT2D eigenvalue weighted by atomic mass is 9.82. The molecule has 13 aromatic rings. The van der Waals surface area contributed by atoms with E-state index in [9.17, 15) is 0 Å². The first-order chi connectivity index (χ1) is 34.8. The van der Waals surface area contributed by atoms with Gasteiger partial charge in [0.1, 0.15) is 0 Å². The zero-order valence-electron chi connectivity index (χ0n) is 38.3. The number of hydrogen-bond acceptors (Lipinski definition) is 0. The van der Waals surface area contributed by atoms with E-state index in [1.807, 2.05) is 0 Å². The van der Waals surface area contributed by atoms with Crippen LogP contribution in [0.4, 0.5) is 0 Å². The van der Waals surface area contributed by atoms with Crippen molar-refractivity contribution < 1.29 is 0 Å². The Kier molecular flexibility index (Phi) is 8.48. The van der Waals surface area contributed by atoms with E-state index in [1.165, 1.54) is 120 Å². The lowest BCUT2D eigenvalue weighted by molar-refractivity contribution is 0.983. The maximum Gasteiger partial charge on any atom is 0.179 e. The smallest absolute Gasteiger partial charge is 0.179 e. The van der Waals surface area contributed by atoms with Crippen LogP contribution in [0.5, 0.6) is 0 Å². The molecule has 1 aliphatic carbocycles. The number of hydrogen-bond donors (Lipinski definition) is 0. The van der Waals surface area contributed by atoms with Crippen molar-refractivity contribution in [1.82, 2.24) is 9.13 Å². The summed E-state index contributed by atoms with van der Waals surface area (Å²) in [6.07, 6.45) is 0. The van der Waals surface area contributed by atoms with E-state index in [-0.39, 0.29) is 5.92 Å². The largest absolute Gasteiger partial charge is 0.309 e. The third kappa shape index (κ3) is 5.38. The van der Waals surface area contributed by atoms with Gasteiger partial charge < -0.3 is 9.13 Å². The fourth-order valence-electron chi connectivity index (χ4n) is 12.9. The van der Waals surface area contributed by atoms with Gasteiger partial charge in [-0.25, -0.2) is 0 Å². The van der Waals surface area contributed by atoms with Crippen molar-refractivity contribution in [2.75, 3.05) is 0 Å². The van der Waals surface area contributed by atoms with Crippen LogP contribution < -0.4 is 20.7 Å². The van der Waals surface area contributed by atoms with Crippen molar-refractivity contribution >= 4 is 72.4 Å². The van der Waals surface area contributed by atoms with Crippen molar-refractivity contribution in [1.29, 1.82) is 0 Å². The van der Waals surface area contributed by atoms with Gasteiger partial charge in [-0.05, 0) is 102 Å². The summed E-state index contributed by atoms with van der Waals surface area (Å²) in [6, 6.07) is 98.7. The fourth-order valence-corrected chi connectivity index (χ4v) is 17.7. The van der Waals surface area contributed by atoms with Crippen LogP contribution in [-0.2, 0) is 0 Å². The molecular formula is C67H44N2Si. The zero-order chi connectivity index (χ0) is 45.9. The highest BCUT2D eigenvalue weighted by atomic mass is 28.3. The maximum atomic E-state index is 2.60. The minimum absolute atomic E-state index is 0.0182. The van der Waals surface area contributed by atoms with E-state index in [0.717, 1.165) is 5.69 Å². The number of benzene rings is 11. The van der Waals surface area contributed by atoms with Gasteiger partial charge in [-0.15, -0.1) is 0 Å². The van der Waals surface area contributed by atoms with Crippen LogP contribution in [0.1, 0.15) is 22.6 Å². The van der Waals surface area contributed by atoms with Gasteiger partial charge in [-0.1, -0.05) is 224 Å². The molecule has 1 unspecified atom stereocenters. The van der Waals surface area contributed by atoms with Gasteiger partial charge in [-0.2, -0.15) is 0 Å². The summed E-state index contributed by atoms with van der Waals surface area (Å²) >= 11 is 0. The lowest BCUT2D eigenvalue weighted by Crippen LogP contribution is -2.74. The Hall–Kier alpha value is -8.76. The van der Waals surface area contributed by atoms with Gasteiger partial charge >= 0.3 is 0 Å². The molecule has 3 heteroatoms. The minimum atomic E-state index is -2.82. The van der Waals surface area contributed by atoms with E-state index in [2.05, 4.69) is 270 Å². The van der Waals surface area contributed by atoms with Gasteiger partial charge in [-0.3, -0.25) is 0 Å². The van der Waals surface area contributed by atoms with E-state index >= 15 is 0 Å². The second-order valence-electron chi connectivity index (χ2n) is 19.1. The third-order valence-corrected chi connectivity index (χ3v) is 20.5. The second kappa shape index (κ2) is 15.1. The molecule has 1 aliphatic heterocycles. The summed E-state index contributed by atoms with van der Waals surface area (Å²) in [5.41, 5.74) is 18.9. The lowest BCUT2D eigenvalue weighted by Gasteiger charge is -2.35. The van der Waals surface area contributed by atoms with Crippen LogP contribution in [0.3, 0.4) is 0 Å². The Bertz CT molecular complexity index is 4090. The molecule has 15 rings (SSSR count). The summed E-state index contributed by atoms with van der Waals surface area (Å²) in [7, 11) is -2.82. The molecule has 2 aromatic heterocycles. The summed E-state index contributed by atoms with van der Waals surface area (Å²) < 4.78 is 5.04. The summed E-state index contributed by atoms with van der Waals surface area (Å²) in [5.74, 6) is -0.0182. The molecule has 0 bridgehead atoms. The molecule has 326 valence electrons. The van der Waals surface area contributed by atoms with Crippen molar-refractivity contribution in [3.8, 4) is 44.8 Å². The van der Waals surface area contributed by atoms with Gasteiger partial charge in [0.15, 0.2) is 8.07 Å². The van der Waals surface area contributed by atoms with Gasteiger partial charge in [0.25, 0.3) is 0 Å². The molecule has 0 fully saturated rings. The van der Waals surface area contributed by atoms with Crippen molar-refractivity contribution in [2.24, 2.45) is 0 Å². The molecule has 0 saturated carbocycles. The normalized spacial score (nSPS) is 13.6. The quantitative estimate of drug-likeness (QED) is 0.120. The highest BCUT2D eigenvalue weighted by Crippen LogP contribution is 2.55. The molecule has 70 heavy (non-hydrogen) atoms. The van der Waals surface area contributed by atoms with Crippen LogP contribution >= 0.6 is 0 Å². The number of para-hydroxylation sites is 4. The Balaban J connectivity index is 1.03. The van der Waals surface area contributed by atoms with Gasteiger partial charge in [0.2, 0.25) is 0 Å². The highest BCUT2D eigenvalue weighted by molar-refractivity contribution is 7.19. The second-order valence-corrected chi connectivity index (χ2v) is 22.9. The predicted octanol–water partition coefficient (Wildman–Crippen LogP) is 14.1. The van der Waals surface area contributed by atoms with Crippen molar-refractivity contribution in [3.05, 3.63) is 278 Å². The summed E-state index contributed by atoms with van der Waals surface area (Å²) in [4.78, 5) is 0. The molecule has 0 N–H and O–H groups in total. The molecule has 0 amide bonds. The highest BCUT2D eigenvalue weighted by Gasteiger charge is 2.43. The summed E-state index contributed by atoms with van der Waals surface area (Å²) in [6.45, 7) is 0. The first-order valence-electron chi connectivity index (χ1n) is 24.5. The Morgan fingerprint density at radius 2 is 0.786 bits per heavy atom. The SMILES string of the molecule is c1ccc([Si](c2ccccc2)(c2ccccc2)c2ccc3c(c2)-c2cccc4c2C3c2ccccc2-n2c3ccc(-n5c6ccccc6c6ccccc65)cc3c3cccc(c32)-c2ccccc2-4)cc1. The first-order valence-corrected chi connectivity index (χ1v) is 26.5. The Morgan fingerprint density at radius 1 is 0.286 bits per heavy atom. The molecule has 0 radical (unpaired) electrons. The molecule has 2 nitrogen and oxygen atoms in total. The van der Waals surface area contributed by atoms with Crippen LogP contribution in [0, 0.1) is 0 Å². The van der Waals surface area contributed by atoms with E-state index < -0.39 is 8.07 Å². The standard InChI is InChI=1S/C67H44N2Si/c1-4-20-45(21-5-1)70(46-22-6-2-7-23-46,47-24-8-3-9-25-47)48-39-40-55-59(43-48)54-32-18-31-53-49-26-10-11-27-50(49)56-33-19-34-57-60-42-44(68-61-35-15-12-28-51(61)52-29-13-16-36-62(52)68)38-41-64(60)69(67(56)57)63-37-17-14-30-58(63)66(55)65(53)54/h1-43,66H. The number of aromatic nitrogens is 2. The average Bonchev–Trinajstić information content (AvgIpc) is 4.07. The maximum absolute atomic E-state index is 2.82. The van der Waals surface area contributed by atoms with Crippen LogP contribution in [-0.4, -0.2) is 17.2 Å². The van der Waals surface area contributed by atoms with Crippen molar-refractivity contribution in [2.45, 2.75) is 5.92 Å². The molecule has 3 heterocycles. The fraction of sp³-hybridized carbons (Fsp3) is 0.0149. The minimum Gasteiger partial charge on any atom is -0.309 e. The zero-order valence-corrected chi connectivity index (χ0v) is 39.3. The average molecular weight is 905 g/mol. The van der Waals surface area contributed by atoms with Gasteiger partial charge in [0.05, 0.1) is 27.8 Å². The number of rotatable bonds is 5. The Morgan fingerprint density at radius 3 is 1.46 bits per heavy atom. The summed E-state index contributed by atoms with van der Waals surface area (Å²) in [5, 5.41) is 10.5. The van der Waals surface area contributed by atoms with E-state index in [0.29, 0.717) is 0 Å². The first kappa shape index (κ1) is 39.3. The molecule has 11 aromatic carbocycles. The topological polar surface area (TPSA) is 9.86 Å². The van der Waals surface area contributed by atoms with Crippen molar-refractivity contribution in [3.63, 3.8) is 0 Å². The molecule has 1 atom stereocenters. The molecular weight excluding hydrogens is 861 g/mol. The molecule has 0 saturated heterocycles. The monoisotopic (exact) mass is 904 g/mol. The third-order valence-electron chi connectivity index (χ3n) is 15.7.